The van der Waals surface area contributed by atoms with Crippen molar-refractivity contribution in [3.05, 3.63) is 30.1 Å². The first-order chi connectivity index (χ1) is 11.8. The third-order valence-corrected chi connectivity index (χ3v) is 6.12. The molecule has 1 atom stereocenters. The molecule has 0 unspecified atom stereocenters. The molecule has 25 heavy (non-hydrogen) atoms. The van der Waals surface area contributed by atoms with Gasteiger partial charge in [-0.3, -0.25) is 4.79 Å². The zero-order valence-electron chi connectivity index (χ0n) is 14.1. The van der Waals surface area contributed by atoms with Gasteiger partial charge >= 0.3 is 5.97 Å². The Kier molecular flexibility index (Phi) is 6.12. The number of sulfonamides is 1. The number of hydrogen-bond donors (Lipinski definition) is 1. The van der Waals surface area contributed by atoms with E-state index in [0.717, 1.165) is 6.07 Å². The molecule has 1 saturated heterocycles. The number of esters is 1. The van der Waals surface area contributed by atoms with Crippen molar-refractivity contribution in [3.8, 4) is 0 Å². The van der Waals surface area contributed by atoms with Gasteiger partial charge < -0.3 is 10.1 Å². The molecule has 0 radical (unpaired) electrons. The Hall–Kier alpha value is -2.00. The Bertz CT molecular complexity index is 745. The van der Waals surface area contributed by atoms with Gasteiger partial charge in [0.2, 0.25) is 15.9 Å². The van der Waals surface area contributed by atoms with Crippen molar-refractivity contribution in [1.82, 2.24) is 9.62 Å². The topological polar surface area (TPSA) is 92.8 Å². The molecule has 1 fully saturated rings. The molecule has 0 aromatic heterocycles. The number of halogens is 1. The zero-order chi connectivity index (χ0) is 18.6. The Balaban J connectivity index is 1.98. The van der Waals surface area contributed by atoms with Gasteiger partial charge in [-0.1, -0.05) is 12.1 Å². The van der Waals surface area contributed by atoms with E-state index >= 15 is 0 Å². The second-order valence-electron chi connectivity index (χ2n) is 5.86. The van der Waals surface area contributed by atoms with Crippen LogP contribution < -0.4 is 5.32 Å². The number of nitrogens with zero attached hydrogens (tertiary/aromatic N) is 1. The van der Waals surface area contributed by atoms with Crippen LogP contribution in [0.15, 0.2) is 29.2 Å². The number of carbonyl (C=O) groups is 2. The highest BCUT2D eigenvalue weighted by molar-refractivity contribution is 7.89. The van der Waals surface area contributed by atoms with Crippen molar-refractivity contribution in [1.29, 1.82) is 0 Å². The summed E-state index contributed by atoms with van der Waals surface area (Å²) < 4.78 is 44.5. The highest BCUT2D eigenvalue weighted by atomic mass is 32.2. The summed E-state index contributed by atoms with van der Waals surface area (Å²) in [5, 5.41) is 2.55. The fraction of sp³-hybridized carbons (Fsp3) is 0.500. The second-order valence-corrected chi connectivity index (χ2v) is 7.77. The zero-order valence-corrected chi connectivity index (χ0v) is 14.9. The second kappa shape index (κ2) is 7.92. The molecule has 1 aliphatic rings. The van der Waals surface area contributed by atoms with Crippen LogP contribution in [0.1, 0.15) is 19.8 Å². The molecule has 7 nitrogen and oxygen atoms in total. The molecular weight excluding hydrogens is 351 g/mol. The molecule has 2 rings (SSSR count). The molecule has 0 bridgehead atoms. The number of carbonyl (C=O) groups excluding carboxylic acids is 2. The number of methoxy groups -OCH3 is 1. The minimum atomic E-state index is -3.93. The number of piperidine rings is 1. The summed E-state index contributed by atoms with van der Waals surface area (Å²) in [7, 11) is -2.70. The largest absolute Gasteiger partial charge is 0.467 e. The number of hydrogen-bond acceptors (Lipinski definition) is 5. The molecule has 138 valence electrons. The molecule has 1 amide bonds. The highest BCUT2D eigenvalue weighted by Crippen LogP contribution is 2.25. The summed E-state index contributed by atoms with van der Waals surface area (Å²) in [6.45, 7) is 1.74. The van der Waals surface area contributed by atoms with Crippen molar-refractivity contribution in [2.75, 3.05) is 20.2 Å². The van der Waals surface area contributed by atoms with Crippen LogP contribution in [0.4, 0.5) is 4.39 Å². The van der Waals surface area contributed by atoms with E-state index in [1.165, 1.54) is 36.5 Å². The molecule has 1 heterocycles. The fourth-order valence-electron chi connectivity index (χ4n) is 2.72. The predicted molar refractivity (Wildman–Crippen MR) is 87.5 cm³/mol. The van der Waals surface area contributed by atoms with Crippen LogP contribution in [-0.4, -0.2) is 50.8 Å². The average Bonchev–Trinajstić information content (AvgIpc) is 2.61. The summed E-state index contributed by atoms with van der Waals surface area (Å²) in [4.78, 5) is 23.1. The van der Waals surface area contributed by atoms with Crippen molar-refractivity contribution >= 4 is 21.9 Å². The third kappa shape index (κ3) is 4.35. The Morgan fingerprint density at radius 3 is 2.44 bits per heavy atom. The van der Waals surface area contributed by atoms with Gasteiger partial charge in [-0.2, -0.15) is 4.31 Å². The van der Waals surface area contributed by atoms with Crippen LogP contribution in [-0.2, 0) is 24.3 Å². The minimum absolute atomic E-state index is 0.112. The van der Waals surface area contributed by atoms with E-state index in [-0.39, 0.29) is 23.9 Å². The Morgan fingerprint density at radius 1 is 1.28 bits per heavy atom. The number of benzene rings is 1. The third-order valence-electron chi connectivity index (χ3n) is 4.19. The van der Waals surface area contributed by atoms with E-state index in [1.54, 1.807) is 0 Å². The lowest BCUT2D eigenvalue weighted by atomic mass is 9.97. The van der Waals surface area contributed by atoms with Crippen LogP contribution >= 0.6 is 0 Å². The predicted octanol–water partition coefficient (Wildman–Crippen LogP) is 0.904. The maximum absolute atomic E-state index is 13.8. The van der Waals surface area contributed by atoms with Gasteiger partial charge in [0.15, 0.2) is 0 Å². The molecule has 1 N–H and O–H groups in total. The molecular formula is C16H21FN2O5S. The van der Waals surface area contributed by atoms with Crippen molar-refractivity contribution in [3.63, 3.8) is 0 Å². The van der Waals surface area contributed by atoms with Gasteiger partial charge in [-0.25, -0.2) is 17.6 Å². The van der Waals surface area contributed by atoms with Gasteiger partial charge in [0, 0.05) is 19.0 Å². The summed E-state index contributed by atoms with van der Waals surface area (Å²) in [6.07, 6.45) is 0.598. The maximum Gasteiger partial charge on any atom is 0.328 e. The van der Waals surface area contributed by atoms with Gasteiger partial charge in [0.25, 0.3) is 0 Å². The lowest BCUT2D eigenvalue weighted by Crippen LogP contribution is -2.46. The van der Waals surface area contributed by atoms with Crippen LogP contribution in [0.5, 0.6) is 0 Å². The Labute approximate surface area is 146 Å². The van der Waals surface area contributed by atoms with Gasteiger partial charge in [0.1, 0.15) is 16.8 Å². The minimum Gasteiger partial charge on any atom is -0.467 e. The number of rotatable bonds is 5. The molecule has 0 spiro atoms. The summed E-state index contributed by atoms with van der Waals surface area (Å²) >= 11 is 0. The van der Waals surface area contributed by atoms with Crippen molar-refractivity contribution in [2.24, 2.45) is 5.92 Å². The molecule has 0 saturated carbocycles. The quantitative estimate of drug-likeness (QED) is 0.776. The fourth-order valence-corrected chi connectivity index (χ4v) is 4.25. The number of ether oxygens (including phenoxy) is 1. The van der Waals surface area contributed by atoms with Crippen LogP contribution in [0.2, 0.25) is 0 Å². The SMILES string of the molecule is COC(=O)[C@@H](C)NC(=O)C1CCN(S(=O)(=O)c2ccccc2F)CC1. The van der Waals surface area contributed by atoms with Crippen LogP contribution in [0, 0.1) is 11.7 Å². The van der Waals surface area contributed by atoms with E-state index < -0.39 is 33.8 Å². The Morgan fingerprint density at radius 2 is 1.88 bits per heavy atom. The van der Waals surface area contributed by atoms with Crippen molar-refractivity contribution in [2.45, 2.75) is 30.7 Å². The number of amides is 1. The molecule has 9 heteroatoms. The smallest absolute Gasteiger partial charge is 0.328 e. The number of nitrogens with one attached hydrogen (secondary N) is 1. The highest BCUT2D eigenvalue weighted by Gasteiger charge is 2.34. The molecule has 1 aliphatic heterocycles. The van der Waals surface area contributed by atoms with E-state index in [2.05, 4.69) is 10.1 Å². The average molecular weight is 372 g/mol. The van der Waals surface area contributed by atoms with Gasteiger partial charge in [-0.05, 0) is 31.9 Å². The first-order valence-electron chi connectivity index (χ1n) is 7.90. The normalized spacial score (nSPS) is 17.7. The van der Waals surface area contributed by atoms with E-state index in [9.17, 15) is 22.4 Å². The van der Waals surface area contributed by atoms with Gasteiger partial charge in [0.05, 0.1) is 7.11 Å². The maximum atomic E-state index is 13.8. The molecule has 1 aromatic carbocycles. The van der Waals surface area contributed by atoms with E-state index in [1.807, 2.05) is 0 Å². The monoisotopic (exact) mass is 372 g/mol. The first kappa shape index (κ1) is 19.3. The molecule has 1 aromatic rings. The summed E-state index contributed by atoms with van der Waals surface area (Å²) in [5.41, 5.74) is 0. The lowest BCUT2D eigenvalue weighted by molar-refractivity contribution is -0.145. The van der Waals surface area contributed by atoms with Crippen LogP contribution in [0.25, 0.3) is 0 Å². The standard InChI is InChI=1S/C16H21FN2O5S/c1-11(16(21)24-2)18-15(20)12-7-9-19(10-8-12)25(22,23)14-6-4-3-5-13(14)17/h3-6,11-12H,7-10H2,1-2H3,(H,18,20)/t11-/m1/s1. The summed E-state index contributed by atoms with van der Waals surface area (Å²) in [5.74, 6) is -2.07. The van der Waals surface area contributed by atoms with Crippen LogP contribution in [0.3, 0.4) is 0 Å². The lowest BCUT2D eigenvalue weighted by Gasteiger charge is -2.31. The molecule has 0 aliphatic carbocycles. The van der Waals surface area contributed by atoms with E-state index in [4.69, 9.17) is 0 Å². The van der Waals surface area contributed by atoms with E-state index in [0.29, 0.717) is 12.8 Å². The van der Waals surface area contributed by atoms with Gasteiger partial charge in [-0.15, -0.1) is 0 Å². The summed E-state index contributed by atoms with van der Waals surface area (Å²) in [6, 6.07) is 4.44. The van der Waals surface area contributed by atoms with Crippen molar-refractivity contribution < 1.29 is 27.1 Å². The first-order valence-corrected chi connectivity index (χ1v) is 9.34.